The van der Waals surface area contributed by atoms with Crippen LogP contribution in [0.1, 0.15) is 11.1 Å². The second kappa shape index (κ2) is 7.76. The van der Waals surface area contributed by atoms with Gasteiger partial charge >= 0.3 is 0 Å². The number of quaternary nitrogens is 2. The number of likely N-dealkylation sites (tertiary alicyclic amines) is 2. The van der Waals surface area contributed by atoms with Crippen molar-refractivity contribution in [1.82, 2.24) is 0 Å². The number of Topliss-reactive ketones (excluding diaryl/α,β-unsaturated/α-hetero) is 1. The molecule has 148 valence electrons. The Morgan fingerprint density at radius 2 is 1.04 bits per heavy atom. The van der Waals surface area contributed by atoms with Crippen LogP contribution in [-0.2, 0) is 15.6 Å². The van der Waals surface area contributed by atoms with Gasteiger partial charge in [-0.25, -0.2) is 0 Å². The van der Waals surface area contributed by atoms with Crippen molar-refractivity contribution in [1.29, 1.82) is 0 Å². The number of aliphatic hydroxyl groups excluding tert-OH is 2. The minimum Gasteiger partial charge on any atom is -0.391 e. The fourth-order valence-electron chi connectivity index (χ4n) is 5.59. The molecule has 2 aliphatic heterocycles. The molecule has 28 heavy (non-hydrogen) atoms. The van der Waals surface area contributed by atoms with Gasteiger partial charge in [-0.3, -0.25) is 4.79 Å². The van der Waals surface area contributed by atoms with E-state index in [4.69, 9.17) is 0 Å². The van der Waals surface area contributed by atoms with Gasteiger partial charge in [0, 0.05) is 0 Å². The SMILES string of the molecule is O=C1C2(c3ccccc3)C[NH+](CCO)CC1(c1ccccc1)C[NH+](CCO)C2. The minimum atomic E-state index is -0.595. The van der Waals surface area contributed by atoms with E-state index >= 15 is 0 Å². The number of benzene rings is 2. The summed E-state index contributed by atoms with van der Waals surface area (Å²) < 4.78 is 0. The van der Waals surface area contributed by atoms with Crippen molar-refractivity contribution in [3.63, 3.8) is 0 Å². The van der Waals surface area contributed by atoms with Crippen LogP contribution in [0.25, 0.3) is 0 Å². The zero-order valence-electron chi connectivity index (χ0n) is 16.2. The summed E-state index contributed by atoms with van der Waals surface area (Å²) >= 11 is 0. The first kappa shape index (κ1) is 19.3. The number of piperidine rings is 2. The molecule has 4 rings (SSSR count). The van der Waals surface area contributed by atoms with Gasteiger partial charge in [-0.1, -0.05) is 60.7 Å². The maximum absolute atomic E-state index is 14.2. The van der Waals surface area contributed by atoms with Crippen LogP contribution in [0, 0.1) is 0 Å². The third-order valence-electron chi connectivity index (χ3n) is 6.66. The molecule has 5 heteroatoms. The van der Waals surface area contributed by atoms with Crippen LogP contribution in [0.15, 0.2) is 60.7 Å². The number of nitrogens with one attached hydrogen (secondary N) is 2. The summed E-state index contributed by atoms with van der Waals surface area (Å²) in [5.74, 6) is 0.306. The monoisotopic (exact) mass is 382 g/mol. The van der Waals surface area contributed by atoms with Crippen molar-refractivity contribution in [3.05, 3.63) is 71.8 Å². The van der Waals surface area contributed by atoms with E-state index in [1.54, 1.807) is 0 Å². The van der Waals surface area contributed by atoms with Crippen molar-refractivity contribution in [3.8, 4) is 0 Å². The molecule has 0 radical (unpaired) electrons. The second-order valence-electron chi connectivity index (χ2n) is 8.38. The first-order chi connectivity index (χ1) is 13.6. The quantitative estimate of drug-likeness (QED) is 0.477. The van der Waals surface area contributed by atoms with E-state index in [-0.39, 0.29) is 13.2 Å². The van der Waals surface area contributed by atoms with E-state index in [2.05, 4.69) is 24.3 Å². The molecule has 2 saturated heterocycles. The highest BCUT2D eigenvalue weighted by Crippen LogP contribution is 2.38. The summed E-state index contributed by atoms with van der Waals surface area (Å²) in [6.07, 6.45) is 0. The van der Waals surface area contributed by atoms with Gasteiger partial charge in [-0.2, -0.15) is 0 Å². The highest BCUT2D eigenvalue weighted by Gasteiger charge is 2.66. The third-order valence-corrected chi connectivity index (χ3v) is 6.66. The average molecular weight is 383 g/mol. The van der Waals surface area contributed by atoms with Crippen molar-refractivity contribution in [2.24, 2.45) is 0 Å². The van der Waals surface area contributed by atoms with Gasteiger partial charge in [0.05, 0.1) is 39.4 Å². The number of fused-ring (bicyclic) bond motifs is 2. The molecule has 5 nitrogen and oxygen atoms in total. The number of carbonyl (C=O) groups excluding carboxylic acids is 1. The first-order valence-corrected chi connectivity index (χ1v) is 10.2. The minimum absolute atomic E-state index is 0.118. The lowest BCUT2D eigenvalue weighted by molar-refractivity contribution is -0.955. The van der Waals surface area contributed by atoms with Crippen LogP contribution in [0.3, 0.4) is 0 Å². The Morgan fingerprint density at radius 3 is 1.36 bits per heavy atom. The number of aliphatic hydroxyl groups is 2. The molecule has 0 spiro atoms. The van der Waals surface area contributed by atoms with Crippen molar-refractivity contribution in [2.75, 3.05) is 52.5 Å². The second-order valence-corrected chi connectivity index (χ2v) is 8.38. The standard InChI is InChI=1S/C23H28N2O3/c26-13-11-24-15-22(19-7-3-1-4-8-19)16-25(12-14-27)18-23(17-24,21(22)28)20-9-5-2-6-10-20/h1-10,26-27H,11-18H2/p+2. The van der Waals surface area contributed by atoms with Crippen LogP contribution >= 0.6 is 0 Å². The maximum Gasteiger partial charge on any atom is 0.176 e. The normalized spacial score (nSPS) is 32.3. The van der Waals surface area contributed by atoms with Gasteiger partial charge in [-0.15, -0.1) is 0 Å². The van der Waals surface area contributed by atoms with E-state index < -0.39 is 10.8 Å². The average Bonchev–Trinajstić information content (AvgIpc) is 2.71. The highest BCUT2D eigenvalue weighted by atomic mass is 16.3. The van der Waals surface area contributed by atoms with Crippen molar-refractivity contribution in [2.45, 2.75) is 10.8 Å². The van der Waals surface area contributed by atoms with E-state index in [0.29, 0.717) is 45.1 Å². The summed E-state index contributed by atoms with van der Waals surface area (Å²) in [7, 11) is 0. The maximum atomic E-state index is 14.2. The largest absolute Gasteiger partial charge is 0.391 e. The Bertz CT molecular complexity index is 730. The van der Waals surface area contributed by atoms with Gasteiger partial charge in [0.2, 0.25) is 0 Å². The number of hydrogen-bond acceptors (Lipinski definition) is 3. The number of ketones is 1. The lowest BCUT2D eigenvalue weighted by Crippen LogP contribution is -3.26. The predicted octanol–water partition coefficient (Wildman–Crippen LogP) is -1.79. The topological polar surface area (TPSA) is 66.4 Å². The van der Waals surface area contributed by atoms with Crippen LogP contribution in [0.2, 0.25) is 0 Å². The van der Waals surface area contributed by atoms with Gasteiger partial charge < -0.3 is 20.0 Å². The van der Waals surface area contributed by atoms with Crippen molar-refractivity contribution < 1.29 is 24.8 Å². The molecule has 0 saturated carbocycles. The van der Waals surface area contributed by atoms with E-state index in [1.807, 2.05) is 36.4 Å². The molecule has 2 aromatic carbocycles. The van der Waals surface area contributed by atoms with Gasteiger partial charge in [0.1, 0.15) is 13.1 Å². The molecule has 0 unspecified atom stereocenters. The summed E-state index contributed by atoms with van der Waals surface area (Å²) in [6, 6.07) is 20.2. The van der Waals surface area contributed by atoms with E-state index in [0.717, 1.165) is 11.1 Å². The Balaban J connectivity index is 1.89. The van der Waals surface area contributed by atoms with Gasteiger partial charge in [0.25, 0.3) is 0 Å². The molecule has 2 fully saturated rings. The predicted molar refractivity (Wildman–Crippen MR) is 107 cm³/mol. The van der Waals surface area contributed by atoms with Crippen LogP contribution in [0.4, 0.5) is 0 Å². The van der Waals surface area contributed by atoms with E-state index in [9.17, 15) is 15.0 Å². The molecule has 0 aliphatic carbocycles. The fourth-order valence-corrected chi connectivity index (χ4v) is 5.59. The van der Waals surface area contributed by atoms with Gasteiger partial charge in [-0.05, 0) is 11.1 Å². The Labute approximate surface area is 166 Å². The molecular weight excluding hydrogens is 352 g/mol. The molecule has 0 atom stereocenters. The lowest BCUT2D eigenvalue weighted by Gasteiger charge is -2.53. The highest BCUT2D eigenvalue weighted by molar-refractivity contribution is 6.00. The summed E-state index contributed by atoms with van der Waals surface area (Å²) in [5, 5.41) is 19.3. The molecule has 2 bridgehead atoms. The number of rotatable bonds is 6. The molecule has 2 aromatic rings. The molecule has 2 heterocycles. The molecule has 0 amide bonds. The third kappa shape index (κ3) is 3.08. The Kier molecular flexibility index (Phi) is 5.34. The summed E-state index contributed by atoms with van der Waals surface area (Å²) in [5.41, 5.74) is 0.932. The Morgan fingerprint density at radius 1 is 0.679 bits per heavy atom. The van der Waals surface area contributed by atoms with Crippen LogP contribution in [0.5, 0.6) is 0 Å². The van der Waals surface area contributed by atoms with Gasteiger partial charge in [0.15, 0.2) is 16.6 Å². The number of carbonyl (C=O) groups is 1. The van der Waals surface area contributed by atoms with E-state index in [1.165, 1.54) is 9.80 Å². The number of hydrogen-bond donors (Lipinski definition) is 4. The fraction of sp³-hybridized carbons (Fsp3) is 0.435. The molecule has 4 N–H and O–H groups in total. The smallest absolute Gasteiger partial charge is 0.176 e. The van der Waals surface area contributed by atoms with Crippen LogP contribution in [-0.4, -0.2) is 68.5 Å². The Hall–Kier alpha value is -2.05. The lowest BCUT2D eigenvalue weighted by atomic mass is 9.57. The molecule has 2 aliphatic rings. The first-order valence-electron chi connectivity index (χ1n) is 10.2. The molecular formula is C23H30N2O3+2. The summed E-state index contributed by atoms with van der Waals surface area (Å²) in [6.45, 7) is 4.30. The molecule has 0 aromatic heterocycles. The zero-order valence-corrected chi connectivity index (χ0v) is 16.2. The van der Waals surface area contributed by atoms with Crippen molar-refractivity contribution >= 4 is 5.78 Å². The zero-order chi connectivity index (χ0) is 19.6. The van der Waals surface area contributed by atoms with Crippen LogP contribution < -0.4 is 9.80 Å². The summed E-state index contributed by atoms with van der Waals surface area (Å²) in [4.78, 5) is 16.8.